The average molecular weight is 439 g/mol. The maximum Gasteiger partial charge on any atom is 0.240 e. The number of thiophene rings is 1. The summed E-state index contributed by atoms with van der Waals surface area (Å²) in [5.41, 5.74) is 2.04. The van der Waals surface area contributed by atoms with E-state index in [1.165, 1.54) is 6.20 Å². The highest BCUT2D eigenvalue weighted by Gasteiger charge is 2.16. The molecule has 1 N–H and O–H groups in total. The summed E-state index contributed by atoms with van der Waals surface area (Å²) < 4.78 is 40.1. The lowest BCUT2D eigenvalue weighted by Gasteiger charge is -2.08. The van der Waals surface area contributed by atoms with Gasteiger partial charge in [-0.15, -0.1) is 0 Å². The van der Waals surface area contributed by atoms with Crippen molar-refractivity contribution >= 4 is 38.7 Å². The normalized spacial score (nSPS) is 11.5. The molecular formula is C19H16ClFN2O3S2. The zero-order valence-corrected chi connectivity index (χ0v) is 17.0. The number of hydrogen-bond acceptors (Lipinski definition) is 5. The SMILES string of the molecule is O=C(CCc1ccsc1)c1ccc(CNS(=O)(=O)c2ccc(F)c(Cl)c2)cn1. The molecule has 0 radical (unpaired) electrons. The van der Waals surface area contributed by atoms with Crippen molar-refractivity contribution in [2.45, 2.75) is 24.3 Å². The predicted octanol–water partition coefficient (Wildman–Crippen LogP) is 4.23. The molecule has 2 heterocycles. The van der Waals surface area contributed by atoms with Gasteiger partial charge < -0.3 is 0 Å². The van der Waals surface area contributed by atoms with Crippen LogP contribution in [0.1, 0.15) is 28.0 Å². The van der Waals surface area contributed by atoms with E-state index in [1.807, 2.05) is 16.8 Å². The van der Waals surface area contributed by atoms with Crippen molar-refractivity contribution in [3.63, 3.8) is 0 Å². The molecule has 2 aromatic heterocycles. The number of hydrogen-bond donors (Lipinski definition) is 1. The zero-order chi connectivity index (χ0) is 20.1. The molecule has 0 spiro atoms. The molecule has 0 aliphatic heterocycles. The fraction of sp³-hybridized carbons (Fsp3) is 0.158. The van der Waals surface area contributed by atoms with Crippen LogP contribution in [0.5, 0.6) is 0 Å². The number of rotatable bonds is 8. The highest BCUT2D eigenvalue weighted by molar-refractivity contribution is 7.89. The highest BCUT2D eigenvalue weighted by Crippen LogP contribution is 2.19. The third kappa shape index (κ3) is 5.23. The molecule has 146 valence electrons. The van der Waals surface area contributed by atoms with Crippen LogP contribution in [0.15, 0.2) is 58.3 Å². The second-order valence-electron chi connectivity index (χ2n) is 6.01. The van der Waals surface area contributed by atoms with E-state index in [4.69, 9.17) is 11.6 Å². The summed E-state index contributed by atoms with van der Waals surface area (Å²) in [6.45, 7) is -0.0201. The fourth-order valence-corrected chi connectivity index (χ4v) is 4.41. The maximum atomic E-state index is 13.2. The van der Waals surface area contributed by atoms with Gasteiger partial charge in [0.2, 0.25) is 10.0 Å². The Hall–Kier alpha value is -2.13. The second-order valence-corrected chi connectivity index (χ2v) is 8.96. The number of nitrogens with one attached hydrogen (secondary N) is 1. The van der Waals surface area contributed by atoms with Crippen LogP contribution < -0.4 is 4.72 Å². The number of Topliss-reactive ketones (excluding diaryl/α,β-unsaturated/α-hetero) is 1. The molecule has 0 amide bonds. The summed E-state index contributed by atoms with van der Waals surface area (Å²) in [5.74, 6) is -0.761. The zero-order valence-electron chi connectivity index (χ0n) is 14.6. The fourth-order valence-electron chi connectivity index (χ4n) is 2.42. The third-order valence-electron chi connectivity index (χ3n) is 4.00. The van der Waals surface area contributed by atoms with Gasteiger partial charge in [0, 0.05) is 19.2 Å². The van der Waals surface area contributed by atoms with Gasteiger partial charge in [-0.05, 0) is 58.6 Å². The summed E-state index contributed by atoms with van der Waals surface area (Å²) in [4.78, 5) is 16.2. The number of nitrogens with zero attached hydrogens (tertiary/aromatic N) is 1. The minimum atomic E-state index is -3.85. The van der Waals surface area contributed by atoms with Crippen molar-refractivity contribution in [3.8, 4) is 0 Å². The second kappa shape index (κ2) is 8.91. The van der Waals surface area contributed by atoms with Gasteiger partial charge in [0.15, 0.2) is 5.78 Å². The van der Waals surface area contributed by atoms with E-state index in [0.29, 0.717) is 24.1 Å². The number of carbonyl (C=O) groups is 1. The van der Waals surface area contributed by atoms with Crippen molar-refractivity contribution in [2.75, 3.05) is 0 Å². The first-order valence-electron chi connectivity index (χ1n) is 8.29. The molecule has 0 aliphatic carbocycles. The Morgan fingerprint density at radius 1 is 1.18 bits per heavy atom. The summed E-state index contributed by atoms with van der Waals surface area (Å²) in [6.07, 6.45) is 2.48. The Kier molecular flexibility index (Phi) is 6.56. The minimum Gasteiger partial charge on any atom is -0.292 e. The Labute approximate surface area is 171 Å². The van der Waals surface area contributed by atoms with Crippen LogP contribution in [-0.4, -0.2) is 19.2 Å². The molecule has 9 heteroatoms. The lowest BCUT2D eigenvalue weighted by Crippen LogP contribution is -2.23. The first-order chi connectivity index (χ1) is 13.3. The summed E-state index contributed by atoms with van der Waals surface area (Å²) in [5, 5.41) is 3.70. The van der Waals surface area contributed by atoms with E-state index < -0.39 is 15.8 Å². The van der Waals surface area contributed by atoms with Crippen molar-refractivity contribution in [2.24, 2.45) is 0 Å². The predicted molar refractivity (Wildman–Crippen MR) is 107 cm³/mol. The molecule has 0 saturated carbocycles. The van der Waals surface area contributed by atoms with Gasteiger partial charge in [-0.2, -0.15) is 11.3 Å². The average Bonchev–Trinajstić information content (AvgIpc) is 3.20. The van der Waals surface area contributed by atoms with Crippen molar-refractivity contribution in [3.05, 3.63) is 81.0 Å². The van der Waals surface area contributed by atoms with E-state index >= 15 is 0 Å². The van der Waals surface area contributed by atoms with Crippen LogP contribution in [0, 0.1) is 5.82 Å². The van der Waals surface area contributed by atoms with E-state index in [0.717, 1.165) is 23.8 Å². The lowest BCUT2D eigenvalue weighted by molar-refractivity contribution is 0.0978. The van der Waals surface area contributed by atoms with Gasteiger partial charge in [0.25, 0.3) is 0 Å². The van der Waals surface area contributed by atoms with Crippen molar-refractivity contribution in [1.29, 1.82) is 0 Å². The number of aryl methyl sites for hydroxylation is 1. The topological polar surface area (TPSA) is 76.1 Å². The van der Waals surface area contributed by atoms with Gasteiger partial charge in [-0.25, -0.2) is 17.5 Å². The number of benzene rings is 1. The van der Waals surface area contributed by atoms with Crippen LogP contribution in [0.2, 0.25) is 5.02 Å². The molecule has 0 saturated heterocycles. The first-order valence-corrected chi connectivity index (χ1v) is 11.1. The molecule has 5 nitrogen and oxygen atoms in total. The molecule has 0 unspecified atom stereocenters. The molecular weight excluding hydrogens is 423 g/mol. The van der Waals surface area contributed by atoms with Gasteiger partial charge >= 0.3 is 0 Å². The molecule has 0 aliphatic rings. The quantitative estimate of drug-likeness (QED) is 0.534. The number of ketones is 1. The number of carbonyl (C=O) groups excluding carboxylic acids is 1. The van der Waals surface area contributed by atoms with Gasteiger partial charge in [0.05, 0.1) is 9.92 Å². The number of sulfonamides is 1. The third-order valence-corrected chi connectivity index (χ3v) is 6.42. The van der Waals surface area contributed by atoms with E-state index in [-0.39, 0.29) is 22.2 Å². The van der Waals surface area contributed by atoms with E-state index in [9.17, 15) is 17.6 Å². The van der Waals surface area contributed by atoms with Gasteiger partial charge in [-0.1, -0.05) is 17.7 Å². The Balaban J connectivity index is 1.59. The van der Waals surface area contributed by atoms with Crippen LogP contribution in [0.25, 0.3) is 0 Å². The van der Waals surface area contributed by atoms with E-state index in [2.05, 4.69) is 9.71 Å². The molecule has 28 heavy (non-hydrogen) atoms. The van der Waals surface area contributed by atoms with Crippen LogP contribution in [0.4, 0.5) is 4.39 Å². The summed E-state index contributed by atoms with van der Waals surface area (Å²) >= 11 is 7.22. The summed E-state index contributed by atoms with van der Waals surface area (Å²) in [7, 11) is -3.85. The van der Waals surface area contributed by atoms with E-state index in [1.54, 1.807) is 23.5 Å². The van der Waals surface area contributed by atoms with Gasteiger partial charge in [-0.3, -0.25) is 9.78 Å². The molecule has 0 bridgehead atoms. The summed E-state index contributed by atoms with van der Waals surface area (Å²) in [6, 6.07) is 8.38. The maximum absolute atomic E-state index is 13.2. The Morgan fingerprint density at radius 3 is 2.64 bits per heavy atom. The molecule has 3 aromatic rings. The molecule has 1 aromatic carbocycles. The van der Waals surface area contributed by atoms with Gasteiger partial charge in [0.1, 0.15) is 11.5 Å². The highest BCUT2D eigenvalue weighted by atomic mass is 35.5. The van der Waals surface area contributed by atoms with Crippen LogP contribution in [-0.2, 0) is 23.0 Å². The standard InChI is InChI=1S/C19H16ClFN2O3S2/c20-16-9-15(3-4-17(16)21)28(25,26)23-11-14-1-5-18(22-10-14)19(24)6-2-13-7-8-27-12-13/h1,3-5,7-10,12,23H,2,6,11H2. The molecule has 0 atom stereocenters. The number of pyridine rings is 1. The molecule has 0 fully saturated rings. The minimum absolute atomic E-state index is 0.0201. The largest absolute Gasteiger partial charge is 0.292 e. The van der Waals surface area contributed by atoms with Crippen molar-refractivity contribution in [1.82, 2.24) is 9.71 Å². The lowest BCUT2D eigenvalue weighted by atomic mass is 10.1. The molecule has 3 rings (SSSR count). The van der Waals surface area contributed by atoms with Crippen LogP contribution in [0.3, 0.4) is 0 Å². The Bertz CT molecular complexity index is 1070. The first kappa shape index (κ1) is 20.6. The van der Waals surface area contributed by atoms with Crippen molar-refractivity contribution < 1.29 is 17.6 Å². The van der Waals surface area contributed by atoms with Crippen LogP contribution >= 0.6 is 22.9 Å². The Morgan fingerprint density at radius 2 is 2.00 bits per heavy atom. The number of halogens is 2. The monoisotopic (exact) mass is 438 g/mol. The smallest absolute Gasteiger partial charge is 0.240 e. The number of aromatic nitrogens is 1.